The summed E-state index contributed by atoms with van der Waals surface area (Å²) in [5.41, 5.74) is 4.28. The van der Waals surface area contributed by atoms with Crippen LogP contribution in [0.2, 0.25) is 0 Å². The molecule has 0 aliphatic carbocycles. The summed E-state index contributed by atoms with van der Waals surface area (Å²) < 4.78 is 1.19. The van der Waals surface area contributed by atoms with Crippen molar-refractivity contribution >= 4 is 27.3 Å². The van der Waals surface area contributed by atoms with Gasteiger partial charge in [0.1, 0.15) is 0 Å². The van der Waals surface area contributed by atoms with E-state index in [-0.39, 0.29) is 11.5 Å². The predicted octanol–water partition coefficient (Wildman–Crippen LogP) is 5.43. The van der Waals surface area contributed by atoms with E-state index in [2.05, 4.69) is 79.3 Å². The molecule has 0 amide bonds. The van der Waals surface area contributed by atoms with Crippen molar-refractivity contribution in [1.82, 2.24) is 5.32 Å². The maximum Gasteiger partial charge on any atom is 0.0704 e. The summed E-state index contributed by atoms with van der Waals surface area (Å²) in [4.78, 5) is 1.36. The lowest BCUT2D eigenvalue weighted by Crippen LogP contribution is -2.23. The summed E-state index contributed by atoms with van der Waals surface area (Å²) >= 11 is 5.40. The fourth-order valence-electron chi connectivity index (χ4n) is 2.66. The highest BCUT2D eigenvalue weighted by Gasteiger charge is 2.24. The zero-order chi connectivity index (χ0) is 14.9. The summed E-state index contributed by atoms with van der Waals surface area (Å²) in [5, 5.41) is 3.49. The molecule has 1 aromatic carbocycles. The summed E-state index contributed by atoms with van der Waals surface area (Å²) in [5.74, 6) is 0. The molecular weight excluding hydrogens is 330 g/mol. The molecule has 0 radical (unpaired) electrons. The molecule has 1 N–H and O–H groups in total. The Morgan fingerprint density at radius 3 is 2.30 bits per heavy atom. The zero-order valence-corrected chi connectivity index (χ0v) is 15.2. The van der Waals surface area contributed by atoms with E-state index >= 15 is 0 Å². The predicted molar refractivity (Wildman–Crippen MR) is 92.8 cm³/mol. The Balaban J connectivity index is 2.56. The fraction of sp³-hybridized carbons (Fsp3) is 0.412. The highest BCUT2D eigenvalue weighted by Crippen LogP contribution is 2.37. The minimum atomic E-state index is 0.146. The van der Waals surface area contributed by atoms with E-state index in [1.807, 2.05) is 7.05 Å². The van der Waals surface area contributed by atoms with Crippen molar-refractivity contribution < 1.29 is 0 Å². The van der Waals surface area contributed by atoms with Crippen LogP contribution in [0.3, 0.4) is 0 Å². The third kappa shape index (κ3) is 3.16. The molecule has 1 unspecified atom stereocenters. The average molecular weight is 352 g/mol. The first kappa shape index (κ1) is 15.7. The molecule has 1 atom stereocenters. The van der Waals surface area contributed by atoms with Gasteiger partial charge < -0.3 is 5.32 Å². The Labute approximate surface area is 134 Å². The van der Waals surface area contributed by atoms with Crippen LogP contribution in [0.1, 0.15) is 48.4 Å². The third-order valence-electron chi connectivity index (χ3n) is 3.61. The molecule has 0 saturated carbocycles. The number of rotatable bonds is 3. The van der Waals surface area contributed by atoms with Gasteiger partial charge in [-0.1, -0.05) is 45.0 Å². The maximum absolute atomic E-state index is 3.60. The maximum atomic E-state index is 3.60. The Morgan fingerprint density at radius 1 is 1.15 bits per heavy atom. The van der Waals surface area contributed by atoms with Gasteiger partial charge in [-0.15, -0.1) is 11.3 Å². The van der Waals surface area contributed by atoms with Crippen LogP contribution in [-0.2, 0) is 5.41 Å². The van der Waals surface area contributed by atoms with Gasteiger partial charge in [0.2, 0.25) is 0 Å². The quantitative estimate of drug-likeness (QED) is 0.777. The monoisotopic (exact) mass is 351 g/mol. The minimum absolute atomic E-state index is 0.146. The number of aryl methyl sites for hydroxylation is 1. The van der Waals surface area contributed by atoms with Crippen molar-refractivity contribution in [3.8, 4) is 0 Å². The Morgan fingerprint density at radius 2 is 1.80 bits per heavy atom. The first-order valence-electron chi connectivity index (χ1n) is 6.87. The molecule has 0 bridgehead atoms. The van der Waals surface area contributed by atoms with Crippen LogP contribution >= 0.6 is 27.3 Å². The van der Waals surface area contributed by atoms with Crippen LogP contribution in [0.25, 0.3) is 0 Å². The van der Waals surface area contributed by atoms with Gasteiger partial charge in [0.25, 0.3) is 0 Å². The van der Waals surface area contributed by atoms with Gasteiger partial charge in [-0.2, -0.15) is 0 Å². The lowest BCUT2D eigenvalue weighted by atomic mass is 9.80. The second-order valence-corrected chi connectivity index (χ2v) is 8.76. The highest BCUT2D eigenvalue weighted by atomic mass is 79.9. The van der Waals surface area contributed by atoms with Crippen molar-refractivity contribution in [2.75, 3.05) is 7.05 Å². The van der Waals surface area contributed by atoms with Gasteiger partial charge in [-0.3, -0.25) is 0 Å². The SMILES string of the molecule is CNC(c1ccccc1C(C)(C)C)c1cc(Br)sc1C. The summed E-state index contributed by atoms with van der Waals surface area (Å²) in [6.45, 7) is 9.01. The summed E-state index contributed by atoms with van der Waals surface area (Å²) in [6, 6.07) is 11.2. The second kappa shape index (κ2) is 6.00. The molecule has 2 aromatic rings. The van der Waals surface area contributed by atoms with E-state index in [1.165, 1.54) is 25.4 Å². The molecule has 0 saturated heterocycles. The molecular formula is C17H22BrNS. The van der Waals surface area contributed by atoms with Gasteiger partial charge in [-0.25, -0.2) is 0 Å². The van der Waals surface area contributed by atoms with Crippen molar-refractivity contribution in [3.63, 3.8) is 0 Å². The zero-order valence-electron chi connectivity index (χ0n) is 12.8. The molecule has 3 heteroatoms. The Hall–Kier alpha value is -0.640. The number of benzene rings is 1. The van der Waals surface area contributed by atoms with Crippen molar-refractivity contribution in [2.24, 2.45) is 0 Å². The molecule has 0 aliphatic heterocycles. The van der Waals surface area contributed by atoms with Gasteiger partial charge in [0, 0.05) is 4.88 Å². The van der Waals surface area contributed by atoms with E-state index in [9.17, 15) is 0 Å². The number of thiophene rings is 1. The van der Waals surface area contributed by atoms with Gasteiger partial charge in [0.05, 0.1) is 9.83 Å². The first-order chi connectivity index (χ1) is 9.34. The summed E-state index contributed by atoms with van der Waals surface area (Å²) in [7, 11) is 2.04. The minimum Gasteiger partial charge on any atom is -0.309 e. The highest BCUT2D eigenvalue weighted by molar-refractivity contribution is 9.11. The molecule has 2 rings (SSSR count). The average Bonchev–Trinajstić information content (AvgIpc) is 2.69. The first-order valence-corrected chi connectivity index (χ1v) is 8.48. The normalized spacial score (nSPS) is 13.5. The van der Waals surface area contributed by atoms with E-state index in [1.54, 1.807) is 11.3 Å². The lowest BCUT2D eigenvalue weighted by Gasteiger charge is -2.27. The molecule has 0 aliphatic rings. The van der Waals surface area contributed by atoms with Crippen molar-refractivity contribution in [1.29, 1.82) is 0 Å². The molecule has 108 valence electrons. The van der Waals surface area contributed by atoms with Gasteiger partial charge in [-0.05, 0) is 58.1 Å². The molecule has 20 heavy (non-hydrogen) atoms. The Kier molecular flexibility index (Phi) is 4.73. The third-order valence-corrected chi connectivity index (χ3v) is 5.17. The fourth-order valence-corrected chi connectivity index (χ4v) is 4.40. The smallest absolute Gasteiger partial charge is 0.0704 e. The topological polar surface area (TPSA) is 12.0 Å². The van der Waals surface area contributed by atoms with Crippen molar-refractivity contribution in [2.45, 2.75) is 39.2 Å². The standard InChI is InChI=1S/C17H22BrNS/c1-11-13(10-15(18)20-11)16(19-5)12-8-6-7-9-14(12)17(2,3)4/h6-10,16,19H,1-5H3. The number of hydrogen-bond acceptors (Lipinski definition) is 2. The van der Waals surface area contributed by atoms with Crippen LogP contribution in [-0.4, -0.2) is 7.05 Å². The van der Waals surface area contributed by atoms with E-state index in [0.717, 1.165) is 0 Å². The van der Waals surface area contributed by atoms with Crippen LogP contribution in [0.5, 0.6) is 0 Å². The van der Waals surface area contributed by atoms with Crippen LogP contribution in [0.4, 0.5) is 0 Å². The molecule has 1 aromatic heterocycles. The van der Waals surface area contributed by atoms with Crippen LogP contribution in [0, 0.1) is 6.92 Å². The molecule has 1 nitrogen and oxygen atoms in total. The summed E-state index contributed by atoms with van der Waals surface area (Å²) in [6.07, 6.45) is 0. The number of nitrogens with one attached hydrogen (secondary N) is 1. The molecule has 1 heterocycles. The largest absolute Gasteiger partial charge is 0.309 e. The van der Waals surface area contributed by atoms with Gasteiger partial charge in [0.15, 0.2) is 0 Å². The number of hydrogen-bond donors (Lipinski definition) is 1. The van der Waals surface area contributed by atoms with Crippen LogP contribution < -0.4 is 5.32 Å². The molecule has 0 spiro atoms. The van der Waals surface area contributed by atoms with Crippen LogP contribution in [0.15, 0.2) is 34.1 Å². The second-order valence-electron chi connectivity index (χ2n) is 6.12. The Bertz CT molecular complexity index is 595. The van der Waals surface area contributed by atoms with Gasteiger partial charge >= 0.3 is 0 Å². The van der Waals surface area contributed by atoms with E-state index in [4.69, 9.17) is 0 Å². The lowest BCUT2D eigenvalue weighted by molar-refractivity contribution is 0.567. The van der Waals surface area contributed by atoms with E-state index < -0.39 is 0 Å². The van der Waals surface area contributed by atoms with Crippen molar-refractivity contribution in [3.05, 3.63) is 55.7 Å². The molecule has 0 fully saturated rings. The van der Waals surface area contributed by atoms with E-state index in [0.29, 0.717) is 0 Å². The number of halogens is 1.